The molecule has 45 heavy (non-hydrogen) atoms. The van der Waals surface area contributed by atoms with Gasteiger partial charge in [0.1, 0.15) is 0 Å². The predicted octanol–water partition coefficient (Wildman–Crippen LogP) is 9.21. The molecule has 4 aromatic rings. The number of hydrogen-bond donors (Lipinski definition) is 0. The Morgan fingerprint density at radius 2 is 1.38 bits per heavy atom. The van der Waals surface area contributed by atoms with Crippen LogP contribution in [-0.2, 0) is 28.9 Å². The second-order valence-electron chi connectivity index (χ2n) is 9.41. The van der Waals surface area contributed by atoms with E-state index in [1.54, 1.807) is 55.6 Å². The molecule has 12 heteroatoms. The van der Waals surface area contributed by atoms with E-state index in [2.05, 4.69) is 40.2 Å². The molecule has 239 valence electrons. The number of aromatic nitrogens is 3. The Kier molecular flexibility index (Phi) is 16.0. The standard InChI is InChI=1S/C33H33N3O4S.3ClH.Ru/c1-4-7-8-9-10-24-15-18-41-31(24)12-11-23-13-16-34-27(19-23)29-21-26(33(38)40-6-3)22-30(36-29)28-20-25(14-17-35-28)32(37)39-5-2;;;;/h13-22H,4-10H2,1-3H3;3*1H;/q;;;;+3/p-3. The van der Waals surface area contributed by atoms with Gasteiger partial charge in [0.2, 0.25) is 0 Å². The molecule has 0 amide bonds. The minimum absolute atomic E-state index is 0.231. The first kappa shape index (κ1) is 36.6. The second kappa shape index (κ2) is 19.6. The number of unbranched alkanes of at least 4 members (excludes halogenated alkanes) is 3. The van der Waals surface area contributed by atoms with E-state index in [0.29, 0.717) is 33.9 Å². The Balaban J connectivity index is 0.00000130. The van der Waals surface area contributed by atoms with Crippen molar-refractivity contribution in [2.24, 2.45) is 0 Å². The van der Waals surface area contributed by atoms with E-state index in [-0.39, 0.29) is 13.2 Å². The molecule has 0 N–H and O–H groups in total. The quantitative estimate of drug-likeness (QED) is 0.0650. The van der Waals surface area contributed by atoms with Crippen LogP contribution in [0.2, 0.25) is 0 Å². The number of ether oxygens (including phenoxy) is 2. The molecule has 0 saturated carbocycles. The fourth-order valence-corrected chi connectivity index (χ4v) is 5.00. The summed E-state index contributed by atoms with van der Waals surface area (Å²) >= 11 is -0.0976. The first-order valence-corrected chi connectivity index (χ1v) is 21.9. The van der Waals surface area contributed by atoms with Crippen LogP contribution in [0.1, 0.15) is 83.2 Å². The number of nitrogens with zero attached hydrogens (tertiary/aromatic N) is 3. The van der Waals surface area contributed by atoms with E-state index in [9.17, 15) is 9.59 Å². The van der Waals surface area contributed by atoms with Crippen molar-refractivity contribution in [3.63, 3.8) is 0 Å². The van der Waals surface area contributed by atoms with Gasteiger partial charge < -0.3 is 9.47 Å². The number of hydrogen-bond acceptors (Lipinski definition) is 8. The van der Waals surface area contributed by atoms with Crippen LogP contribution < -0.4 is 0 Å². The monoisotopic (exact) mass is 774 g/mol. The van der Waals surface area contributed by atoms with Crippen molar-refractivity contribution in [1.82, 2.24) is 15.0 Å². The predicted molar refractivity (Wildman–Crippen MR) is 178 cm³/mol. The van der Waals surface area contributed by atoms with Gasteiger partial charge in [-0.3, -0.25) is 9.97 Å². The van der Waals surface area contributed by atoms with E-state index < -0.39 is 24.9 Å². The number of halogens is 3. The molecule has 4 heterocycles. The fraction of sp³-hybridized carbons (Fsp3) is 0.303. The van der Waals surface area contributed by atoms with Crippen LogP contribution in [0, 0.1) is 11.8 Å². The summed E-state index contributed by atoms with van der Waals surface area (Å²) in [6.07, 6.45) is 9.10. The molecule has 0 aromatic carbocycles. The molecule has 7 nitrogen and oxygen atoms in total. The number of thiophene rings is 1. The summed E-state index contributed by atoms with van der Waals surface area (Å²) in [7, 11) is 14.8. The van der Waals surface area contributed by atoms with Gasteiger partial charge in [0.05, 0.1) is 52.0 Å². The second-order valence-corrected chi connectivity index (χ2v) is 18.2. The van der Waals surface area contributed by atoms with Crippen LogP contribution in [0.4, 0.5) is 0 Å². The van der Waals surface area contributed by atoms with E-state index >= 15 is 0 Å². The van der Waals surface area contributed by atoms with E-state index in [4.69, 9.17) is 43.5 Å². The van der Waals surface area contributed by atoms with Crippen LogP contribution in [0.25, 0.3) is 22.8 Å². The Morgan fingerprint density at radius 3 is 2.02 bits per heavy atom. The van der Waals surface area contributed by atoms with Gasteiger partial charge in [0.25, 0.3) is 0 Å². The third-order valence-electron chi connectivity index (χ3n) is 6.26. The van der Waals surface area contributed by atoms with Crippen LogP contribution >= 0.6 is 40.4 Å². The van der Waals surface area contributed by atoms with Gasteiger partial charge in [-0.15, -0.1) is 11.3 Å². The van der Waals surface area contributed by atoms with Gasteiger partial charge in [-0.25, -0.2) is 14.6 Å². The van der Waals surface area contributed by atoms with Crippen molar-refractivity contribution < 1.29 is 32.0 Å². The molecule has 0 atom stereocenters. The topological polar surface area (TPSA) is 91.3 Å². The van der Waals surface area contributed by atoms with Gasteiger partial charge in [-0.05, 0) is 80.1 Å². The van der Waals surface area contributed by atoms with Crippen molar-refractivity contribution in [1.29, 1.82) is 0 Å². The normalized spacial score (nSPS) is 10.6. The van der Waals surface area contributed by atoms with Gasteiger partial charge in [-0.1, -0.05) is 38.0 Å². The van der Waals surface area contributed by atoms with Crippen molar-refractivity contribution in [3.8, 4) is 34.6 Å². The zero-order valence-electron chi connectivity index (χ0n) is 25.1. The molecular formula is C33H33Cl3N3O4RuS. The van der Waals surface area contributed by atoms with Crippen LogP contribution in [0.5, 0.6) is 0 Å². The van der Waals surface area contributed by atoms with Gasteiger partial charge in [0.15, 0.2) is 0 Å². The molecule has 0 saturated heterocycles. The Hall–Kier alpha value is -2.86. The number of pyridine rings is 3. The van der Waals surface area contributed by atoms with E-state index in [1.165, 1.54) is 37.4 Å². The molecule has 4 aromatic heterocycles. The summed E-state index contributed by atoms with van der Waals surface area (Å²) in [6.45, 7) is 6.20. The SMILES string of the molecule is CCCCCCc1ccsc1C#Cc1ccnc(-c2cc(C(=O)OCC)cc(-c3cc(C(=O)OCC)ccn3)n2)c1.[Cl][Ru]([Cl])[Cl]. The molecule has 0 fully saturated rings. The zero-order chi connectivity index (χ0) is 32.6. The van der Waals surface area contributed by atoms with Gasteiger partial charge >= 0.3 is 54.0 Å². The molecule has 4 rings (SSSR count). The summed E-state index contributed by atoms with van der Waals surface area (Å²) in [5.41, 5.74) is 4.56. The Bertz CT molecular complexity index is 1640. The molecule has 0 aliphatic rings. The number of carbonyl (C=O) groups excluding carboxylic acids is 2. The average molecular weight is 775 g/mol. The first-order valence-electron chi connectivity index (χ1n) is 14.3. The summed E-state index contributed by atoms with van der Waals surface area (Å²) in [5, 5.41) is 2.09. The van der Waals surface area contributed by atoms with Crippen molar-refractivity contribution in [3.05, 3.63) is 87.4 Å². The first-order chi connectivity index (χ1) is 21.7. The molecule has 0 aliphatic heterocycles. The van der Waals surface area contributed by atoms with Gasteiger partial charge in [-0.2, -0.15) is 0 Å². The number of rotatable bonds is 11. The van der Waals surface area contributed by atoms with Crippen LogP contribution in [-0.4, -0.2) is 40.1 Å². The minimum atomic E-state index is -1.75. The Labute approximate surface area is 285 Å². The average Bonchev–Trinajstić information content (AvgIpc) is 3.49. The van der Waals surface area contributed by atoms with E-state index in [1.807, 2.05) is 12.1 Å². The summed E-state index contributed by atoms with van der Waals surface area (Å²) in [6, 6.07) is 12.3. The third kappa shape index (κ3) is 12.1. The summed E-state index contributed by atoms with van der Waals surface area (Å²) < 4.78 is 10.4. The zero-order valence-corrected chi connectivity index (χ0v) is 29.9. The molecule has 0 spiro atoms. The molecule has 0 aliphatic carbocycles. The molecule has 0 unspecified atom stereocenters. The Morgan fingerprint density at radius 1 is 0.778 bits per heavy atom. The molecule has 0 bridgehead atoms. The summed E-state index contributed by atoms with van der Waals surface area (Å²) in [4.78, 5) is 39.7. The number of carbonyl (C=O) groups is 2. The maximum absolute atomic E-state index is 12.7. The van der Waals surface area contributed by atoms with Gasteiger partial charge in [0, 0.05) is 18.0 Å². The van der Waals surface area contributed by atoms with Crippen molar-refractivity contribution in [2.45, 2.75) is 52.9 Å². The van der Waals surface area contributed by atoms with E-state index in [0.717, 1.165) is 16.9 Å². The van der Waals surface area contributed by atoms with Crippen molar-refractivity contribution >= 4 is 52.3 Å². The van der Waals surface area contributed by atoms with Crippen LogP contribution in [0.15, 0.2) is 60.2 Å². The fourth-order valence-electron chi connectivity index (χ4n) is 4.20. The third-order valence-corrected chi connectivity index (χ3v) is 7.13. The number of aryl methyl sites for hydroxylation is 1. The molecular weight excluding hydrogens is 742 g/mol. The summed E-state index contributed by atoms with van der Waals surface area (Å²) in [5.74, 6) is 5.66. The maximum atomic E-state index is 12.7. The molecule has 0 radical (unpaired) electrons. The number of esters is 2. The van der Waals surface area contributed by atoms with Crippen molar-refractivity contribution in [2.75, 3.05) is 13.2 Å². The van der Waals surface area contributed by atoms with Crippen LogP contribution in [0.3, 0.4) is 0 Å².